The number of hydrogen-bond donors (Lipinski definition) is 1. The summed E-state index contributed by atoms with van der Waals surface area (Å²) in [6.07, 6.45) is 1.39. The summed E-state index contributed by atoms with van der Waals surface area (Å²) >= 11 is 0. The minimum Gasteiger partial charge on any atom is -0.441 e. The van der Waals surface area contributed by atoms with Gasteiger partial charge in [-0.25, -0.2) is 18.3 Å². The smallest absolute Gasteiger partial charge is 0.414 e. The monoisotopic (exact) mass is 439 g/mol. The molecule has 0 bridgehead atoms. The molecule has 10 heteroatoms. The van der Waals surface area contributed by atoms with Gasteiger partial charge in [0.15, 0.2) is 20.7 Å². The third kappa shape index (κ3) is 4.55. The van der Waals surface area contributed by atoms with Crippen LogP contribution in [0.3, 0.4) is 0 Å². The van der Waals surface area contributed by atoms with Gasteiger partial charge < -0.3 is 14.3 Å². The predicted molar refractivity (Wildman–Crippen MR) is 110 cm³/mol. The number of carbonyl (C=O) groups excluding carboxylic acids is 1. The number of aromatic nitrogens is 2. The lowest BCUT2D eigenvalue weighted by molar-refractivity contribution is 0.0866. The van der Waals surface area contributed by atoms with Gasteiger partial charge in [0.2, 0.25) is 0 Å². The van der Waals surface area contributed by atoms with Crippen LogP contribution in [0.5, 0.6) is 0 Å². The molecule has 3 rings (SSSR count). The Morgan fingerprint density at radius 1 is 1.33 bits per heavy atom. The van der Waals surface area contributed by atoms with E-state index in [-0.39, 0.29) is 36.0 Å². The normalized spacial score (nSPS) is 18.2. The van der Waals surface area contributed by atoms with E-state index < -0.39 is 32.9 Å². The van der Waals surface area contributed by atoms with Crippen LogP contribution >= 0.6 is 0 Å². The van der Waals surface area contributed by atoms with Gasteiger partial charge in [-0.3, -0.25) is 4.90 Å². The van der Waals surface area contributed by atoms with E-state index in [0.717, 1.165) is 27.3 Å². The third-order valence-corrected chi connectivity index (χ3v) is 5.54. The zero-order valence-electron chi connectivity index (χ0n) is 17.7. The van der Waals surface area contributed by atoms with Gasteiger partial charge >= 0.3 is 6.09 Å². The molecule has 2 unspecified atom stereocenters. The minimum absolute atomic E-state index is 0.0170. The van der Waals surface area contributed by atoms with Crippen molar-refractivity contribution in [1.82, 2.24) is 9.78 Å². The summed E-state index contributed by atoms with van der Waals surface area (Å²) in [7, 11) is -1.37. The molecule has 1 aromatic carbocycles. The summed E-state index contributed by atoms with van der Waals surface area (Å²) in [4.78, 5) is 13.0. The van der Waals surface area contributed by atoms with Gasteiger partial charge in [-0.15, -0.1) is 0 Å². The fraction of sp³-hybridized carbons (Fsp3) is 0.500. The topological polar surface area (TPSA) is 76.8 Å². The number of amides is 1. The number of halogens is 2. The summed E-state index contributed by atoms with van der Waals surface area (Å²) in [5.74, 6) is -1.74. The van der Waals surface area contributed by atoms with Crippen molar-refractivity contribution in [2.24, 2.45) is 5.41 Å². The molecule has 0 aliphatic carbocycles. The van der Waals surface area contributed by atoms with E-state index in [2.05, 4.69) is 18.2 Å². The van der Waals surface area contributed by atoms with Crippen molar-refractivity contribution in [3.8, 4) is 5.69 Å². The van der Waals surface area contributed by atoms with Gasteiger partial charge in [0.25, 0.3) is 0 Å². The maximum absolute atomic E-state index is 14.9. The van der Waals surface area contributed by atoms with E-state index in [9.17, 15) is 13.6 Å². The highest BCUT2D eigenvalue weighted by molar-refractivity contribution is 6.48. The molecule has 1 saturated heterocycles. The molecule has 1 aliphatic heterocycles. The van der Waals surface area contributed by atoms with Crippen LogP contribution < -0.4 is 4.90 Å². The molecule has 1 fully saturated rings. The molecule has 2 atom stereocenters. The van der Waals surface area contributed by atoms with Gasteiger partial charge in [-0.1, -0.05) is 20.8 Å². The standard InChI is InChI=1S/C20H27F2N3O4Si/c1-20(2,3)18(29-30(4)5)12-8-23-25(9-12)17-15(21)6-13(7-16(17)22)24-10-14(11-26)28-19(24)27/h6-9,14,18,26,30H,10-11H2,1-5H3. The minimum atomic E-state index is -1.37. The highest BCUT2D eigenvalue weighted by Gasteiger charge is 2.33. The van der Waals surface area contributed by atoms with Crippen LogP contribution in [0.4, 0.5) is 19.3 Å². The van der Waals surface area contributed by atoms with Gasteiger partial charge in [-0.2, -0.15) is 5.10 Å². The van der Waals surface area contributed by atoms with Crippen molar-refractivity contribution in [3.05, 3.63) is 41.7 Å². The first-order chi connectivity index (χ1) is 14.0. The molecule has 1 aromatic heterocycles. The van der Waals surface area contributed by atoms with Crippen LogP contribution in [-0.4, -0.2) is 49.3 Å². The van der Waals surface area contributed by atoms with Crippen LogP contribution in [0.15, 0.2) is 24.5 Å². The Labute approximate surface area is 175 Å². The first-order valence-corrected chi connectivity index (χ1v) is 12.6. The predicted octanol–water partition coefficient (Wildman–Crippen LogP) is 3.56. The van der Waals surface area contributed by atoms with Crippen LogP contribution in [-0.2, 0) is 9.16 Å². The van der Waals surface area contributed by atoms with Gasteiger partial charge in [0.1, 0.15) is 11.8 Å². The molecule has 0 radical (unpaired) electrons. The Hall–Kier alpha value is -2.30. The van der Waals surface area contributed by atoms with E-state index >= 15 is 0 Å². The van der Waals surface area contributed by atoms with E-state index in [1.807, 2.05) is 20.8 Å². The van der Waals surface area contributed by atoms with Crippen molar-refractivity contribution < 1.29 is 27.8 Å². The Kier molecular flexibility index (Phi) is 6.30. The summed E-state index contributed by atoms with van der Waals surface area (Å²) in [6, 6.07) is 2.11. The highest BCUT2D eigenvalue weighted by atomic mass is 28.3. The van der Waals surface area contributed by atoms with Crippen LogP contribution in [0.2, 0.25) is 13.1 Å². The number of aliphatic hydroxyl groups excluding tert-OH is 1. The molecule has 2 aromatic rings. The van der Waals surface area contributed by atoms with Crippen LogP contribution in [0, 0.1) is 17.0 Å². The fourth-order valence-corrected chi connectivity index (χ4v) is 4.51. The second-order valence-corrected chi connectivity index (χ2v) is 11.1. The highest BCUT2D eigenvalue weighted by Crippen LogP contribution is 2.37. The molecule has 1 aliphatic rings. The van der Waals surface area contributed by atoms with Gasteiger partial charge in [0, 0.05) is 23.9 Å². The number of rotatable bonds is 6. The van der Waals surface area contributed by atoms with Crippen molar-refractivity contribution in [1.29, 1.82) is 0 Å². The first kappa shape index (κ1) is 22.4. The maximum atomic E-state index is 14.9. The van der Waals surface area contributed by atoms with Crippen molar-refractivity contribution >= 4 is 20.8 Å². The summed E-state index contributed by atoms with van der Waals surface area (Å²) < 4.78 is 41.9. The molecule has 1 amide bonds. The summed E-state index contributed by atoms with van der Waals surface area (Å²) in [6.45, 7) is 9.89. The first-order valence-electron chi connectivity index (χ1n) is 9.79. The van der Waals surface area contributed by atoms with Gasteiger partial charge in [-0.05, 0) is 18.5 Å². The van der Waals surface area contributed by atoms with Crippen LogP contribution in [0.1, 0.15) is 32.4 Å². The number of aliphatic hydroxyl groups is 1. The lowest BCUT2D eigenvalue weighted by Crippen LogP contribution is -2.26. The molecule has 1 N–H and O–H groups in total. The van der Waals surface area contributed by atoms with E-state index in [1.54, 1.807) is 12.4 Å². The average Bonchev–Trinajstić information content (AvgIpc) is 3.24. The Balaban J connectivity index is 1.93. The quantitative estimate of drug-likeness (QED) is 0.697. The second kappa shape index (κ2) is 8.44. The fourth-order valence-electron chi connectivity index (χ4n) is 3.40. The van der Waals surface area contributed by atoms with Gasteiger partial charge in [0.05, 0.1) is 31.1 Å². The Morgan fingerprint density at radius 3 is 2.47 bits per heavy atom. The zero-order chi connectivity index (χ0) is 22.2. The Bertz CT molecular complexity index is 906. The average molecular weight is 440 g/mol. The number of carbonyl (C=O) groups is 1. The van der Waals surface area contributed by atoms with Crippen LogP contribution in [0.25, 0.3) is 5.69 Å². The molecule has 0 saturated carbocycles. The number of ether oxygens (including phenoxy) is 1. The Morgan fingerprint density at radius 2 is 1.97 bits per heavy atom. The molecule has 0 spiro atoms. The maximum Gasteiger partial charge on any atom is 0.414 e. The zero-order valence-corrected chi connectivity index (χ0v) is 18.9. The largest absolute Gasteiger partial charge is 0.441 e. The molecule has 30 heavy (non-hydrogen) atoms. The van der Waals surface area contributed by atoms with E-state index in [4.69, 9.17) is 14.3 Å². The third-order valence-electron chi connectivity index (χ3n) is 4.72. The molecular formula is C20H27F2N3O4Si. The molecule has 2 heterocycles. The molecular weight excluding hydrogens is 412 g/mol. The number of anilines is 1. The second-order valence-electron chi connectivity index (χ2n) is 8.71. The lowest BCUT2D eigenvalue weighted by atomic mass is 9.86. The number of nitrogens with zero attached hydrogens (tertiary/aromatic N) is 3. The number of cyclic esters (lactones) is 1. The number of hydrogen-bond acceptors (Lipinski definition) is 5. The summed E-state index contributed by atoms with van der Waals surface area (Å²) in [5, 5.41) is 13.3. The van der Waals surface area contributed by atoms with Crippen molar-refractivity contribution in [3.63, 3.8) is 0 Å². The SMILES string of the molecule is C[SiH](C)OC(c1cnn(-c2c(F)cc(N3CC(CO)OC3=O)cc2F)c1)C(C)(C)C. The van der Waals surface area contributed by atoms with E-state index in [0.29, 0.717) is 0 Å². The molecule has 7 nitrogen and oxygen atoms in total. The lowest BCUT2D eigenvalue weighted by Gasteiger charge is -2.31. The van der Waals surface area contributed by atoms with E-state index in [1.165, 1.54) is 0 Å². The summed E-state index contributed by atoms with van der Waals surface area (Å²) in [5.41, 5.74) is 0.195. The van der Waals surface area contributed by atoms with Crippen molar-refractivity contribution in [2.75, 3.05) is 18.1 Å². The molecule has 164 valence electrons. The number of benzene rings is 1. The van der Waals surface area contributed by atoms with Crippen molar-refractivity contribution in [2.45, 2.75) is 46.1 Å².